The van der Waals surface area contributed by atoms with Crippen LogP contribution in [0, 0.1) is 6.92 Å². The van der Waals surface area contributed by atoms with Crippen LogP contribution in [0.1, 0.15) is 29.8 Å². The van der Waals surface area contributed by atoms with Crippen LogP contribution in [0.3, 0.4) is 0 Å². The molecule has 1 amide bonds. The van der Waals surface area contributed by atoms with Gasteiger partial charge < -0.3 is 16.0 Å². The lowest BCUT2D eigenvalue weighted by Gasteiger charge is -2.21. The largest absolute Gasteiger partial charge is 0.399 e. The molecular weight excluding hydrogens is 274 g/mol. The minimum absolute atomic E-state index is 0.125. The molecule has 0 aliphatic carbocycles. The predicted octanol–water partition coefficient (Wildman–Crippen LogP) is 3.68. The molecule has 22 heavy (non-hydrogen) atoms. The molecule has 0 heterocycles. The third kappa shape index (κ3) is 3.58. The van der Waals surface area contributed by atoms with E-state index in [4.69, 9.17) is 5.73 Å². The standard InChI is InChI=1S/C18H23N3O/c1-4-21(5-2)16-10-7-14(8-11-16)18(22)20-17-12-15(19)9-6-13(17)3/h6-12H,4-5,19H2,1-3H3,(H,20,22). The van der Waals surface area contributed by atoms with Crippen LogP contribution in [0.2, 0.25) is 0 Å². The van der Waals surface area contributed by atoms with Crippen molar-refractivity contribution in [2.24, 2.45) is 0 Å². The zero-order valence-electron chi connectivity index (χ0n) is 13.4. The van der Waals surface area contributed by atoms with Gasteiger partial charge in [-0.15, -0.1) is 0 Å². The van der Waals surface area contributed by atoms with Crippen molar-refractivity contribution in [2.75, 3.05) is 29.0 Å². The van der Waals surface area contributed by atoms with Crippen molar-refractivity contribution in [3.63, 3.8) is 0 Å². The predicted molar refractivity (Wildman–Crippen MR) is 93.5 cm³/mol. The Labute approximate surface area is 131 Å². The number of hydrogen-bond donors (Lipinski definition) is 2. The zero-order chi connectivity index (χ0) is 16.1. The molecule has 0 aliphatic heterocycles. The Morgan fingerprint density at radius 2 is 1.73 bits per heavy atom. The number of rotatable bonds is 5. The summed E-state index contributed by atoms with van der Waals surface area (Å²) >= 11 is 0. The first-order chi connectivity index (χ1) is 10.5. The maximum atomic E-state index is 12.3. The number of benzene rings is 2. The summed E-state index contributed by atoms with van der Waals surface area (Å²) in [6.07, 6.45) is 0. The van der Waals surface area contributed by atoms with Gasteiger partial charge in [0.2, 0.25) is 0 Å². The molecule has 0 unspecified atom stereocenters. The molecule has 0 aromatic heterocycles. The van der Waals surface area contributed by atoms with Gasteiger partial charge in [0, 0.05) is 35.7 Å². The maximum absolute atomic E-state index is 12.3. The lowest BCUT2D eigenvalue weighted by atomic mass is 10.1. The van der Waals surface area contributed by atoms with Gasteiger partial charge >= 0.3 is 0 Å². The van der Waals surface area contributed by atoms with Gasteiger partial charge in [0.05, 0.1) is 0 Å². The molecule has 0 fully saturated rings. The first kappa shape index (κ1) is 15.9. The second-order valence-electron chi connectivity index (χ2n) is 5.25. The fourth-order valence-electron chi connectivity index (χ4n) is 2.38. The second kappa shape index (κ2) is 6.98. The van der Waals surface area contributed by atoms with E-state index >= 15 is 0 Å². The Balaban J connectivity index is 2.14. The van der Waals surface area contributed by atoms with E-state index in [0.29, 0.717) is 11.3 Å². The zero-order valence-corrected chi connectivity index (χ0v) is 13.4. The van der Waals surface area contributed by atoms with E-state index in [2.05, 4.69) is 24.1 Å². The van der Waals surface area contributed by atoms with E-state index in [1.54, 1.807) is 6.07 Å². The summed E-state index contributed by atoms with van der Waals surface area (Å²) in [5.41, 5.74) is 9.91. The number of hydrogen-bond acceptors (Lipinski definition) is 3. The first-order valence-corrected chi connectivity index (χ1v) is 7.57. The number of carbonyl (C=O) groups excluding carboxylic acids is 1. The highest BCUT2D eigenvalue weighted by Gasteiger charge is 2.09. The first-order valence-electron chi connectivity index (χ1n) is 7.57. The van der Waals surface area contributed by atoms with E-state index in [1.165, 1.54) is 0 Å². The van der Waals surface area contributed by atoms with Gasteiger partial charge in [-0.05, 0) is 62.7 Å². The van der Waals surface area contributed by atoms with Gasteiger partial charge in [-0.25, -0.2) is 0 Å². The topological polar surface area (TPSA) is 58.4 Å². The SMILES string of the molecule is CCN(CC)c1ccc(C(=O)Nc2cc(N)ccc2C)cc1. The van der Waals surface area contributed by atoms with Crippen LogP contribution in [0.25, 0.3) is 0 Å². The maximum Gasteiger partial charge on any atom is 0.255 e. The molecule has 2 rings (SSSR count). The summed E-state index contributed by atoms with van der Waals surface area (Å²) in [6, 6.07) is 13.2. The molecule has 2 aromatic rings. The van der Waals surface area contributed by atoms with Crippen LogP contribution in [0.15, 0.2) is 42.5 Å². The minimum Gasteiger partial charge on any atom is -0.399 e. The molecule has 4 heteroatoms. The highest BCUT2D eigenvalue weighted by Crippen LogP contribution is 2.20. The second-order valence-corrected chi connectivity index (χ2v) is 5.25. The number of nitrogen functional groups attached to an aromatic ring is 1. The monoisotopic (exact) mass is 297 g/mol. The van der Waals surface area contributed by atoms with E-state index in [-0.39, 0.29) is 5.91 Å². The molecule has 0 bridgehead atoms. The number of amides is 1. The van der Waals surface area contributed by atoms with E-state index in [9.17, 15) is 4.79 Å². The Bertz CT molecular complexity index is 646. The molecule has 0 spiro atoms. The molecule has 3 N–H and O–H groups in total. The van der Waals surface area contributed by atoms with Crippen molar-refractivity contribution < 1.29 is 4.79 Å². The summed E-state index contributed by atoms with van der Waals surface area (Å²) in [4.78, 5) is 14.6. The number of anilines is 3. The molecule has 2 aromatic carbocycles. The number of nitrogens with zero attached hydrogens (tertiary/aromatic N) is 1. The van der Waals surface area contributed by atoms with Gasteiger partial charge in [-0.1, -0.05) is 6.07 Å². The summed E-state index contributed by atoms with van der Waals surface area (Å²) in [5, 5.41) is 2.91. The number of carbonyl (C=O) groups is 1. The van der Waals surface area contributed by atoms with Crippen molar-refractivity contribution in [2.45, 2.75) is 20.8 Å². The van der Waals surface area contributed by atoms with Crippen LogP contribution >= 0.6 is 0 Å². The number of nitrogens with one attached hydrogen (secondary N) is 1. The quantitative estimate of drug-likeness (QED) is 0.828. The fraction of sp³-hybridized carbons (Fsp3) is 0.278. The van der Waals surface area contributed by atoms with E-state index < -0.39 is 0 Å². The third-order valence-electron chi connectivity index (χ3n) is 3.77. The molecule has 0 aliphatic rings. The Morgan fingerprint density at radius 1 is 1.09 bits per heavy atom. The normalized spacial score (nSPS) is 10.3. The number of aryl methyl sites for hydroxylation is 1. The molecule has 0 atom stereocenters. The average Bonchev–Trinajstić information content (AvgIpc) is 2.53. The average molecular weight is 297 g/mol. The van der Waals surface area contributed by atoms with Gasteiger partial charge in [-0.3, -0.25) is 4.79 Å². The van der Waals surface area contributed by atoms with Crippen molar-refractivity contribution in [1.29, 1.82) is 0 Å². The lowest BCUT2D eigenvalue weighted by Crippen LogP contribution is -2.21. The summed E-state index contributed by atoms with van der Waals surface area (Å²) in [6.45, 7) is 8.08. The van der Waals surface area contributed by atoms with Gasteiger partial charge in [0.15, 0.2) is 0 Å². The molecule has 4 nitrogen and oxygen atoms in total. The van der Waals surface area contributed by atoms with Gasteiger partial charge in [0.1, 0.15) is 0 Å². The molecular formula is C18H23N3O. The third-order valence-corrected chi connectivity index (χ3v) is 3.77. The van der Waals surface area contributed by atoms with Crippen molar-refractivity contribution >= 4 is 23.0 Å². The van der Waals surface area contributed by atoms with Crippen LogP contribution in [0.4, 0.5) is 17.1 Å². The Morgan fingerprint density at radius 3 is 2.32 bits per heavy atom. The minimum atomic E-state index is -0.125. The van der Waals surface area contributed by atoms with Gasteiger partial charge in [-0.2, -0.15) is 0 Å². The Hall–Kier alpha value is -2.49. The van der Waals surface area contributed by atoms with Crippen molar-refractivity contribution in [3.05, 3.63) is 53.6 Å². The van der Waals surface area contributed by atoms with Crippen LogP contribution in [-0.2, 0) is 0 Å². The summed E-state index contributed by atoms with van der Waals surface area (Å²) < 4.78 is 0. The highest BCUT2D eigenvalue weighted by molar-refractivity contribution is 6.05. The van der Waals surface area contributed by atoms with E-state index in [0.717, 1.165) is 30.0 Å². The highest BCUT2D eigenvalue weighted by atomic mass is 16.1. The van der Waals surface area contributed by atoms with Crippen LogP contribution in [0.5, 0.6) is 0 Å². The fourth-order valence-corrected chi connectivity index (χ4v) is 2.38. The van der Waals surface area contributed by atoms with Gasteiger partial charge in [0.25, 0.3) is 5.91 Å². The van der Waals surface area contributed by atoms with Crippen molar-refractivity contribution in [1.82, 2.24) is 0 Å². The Kier molecular flexibility index (Phi) is 5.04. The van der Waals surface area contributed by atoms with E-state index in [1.807, 2.05) is 43.3 Å². The lowest BCUT2D eigenvalue weighted by molar-refractivity contribution is 0.102. The molecule has 0 saturated carbocycles. The summed E-state index contributed by atoms with van der Waals surface area (Å²) in [5.74, 6) is -0.125. The summed E-state index contributed by atoms with van der Waals surface area (Å²) in [7, 11) is 0. The smallest absolute Gasteiger partial charge is 0.255 e. The van der Waals surface area contributed by atoms with Crippen LogP contribution < -0.4 is 16.0 Å². The van der Waals surface area contributed by atoms with Crippen LogP contribution in [-0.4, -0.2) is 19.0 Å². The molecule has 0 saturated heterocycles. The molecule has 0 radical (unpaired) electrons. The molecule has 116 valence electrons. The number of nitrogens with two attached hydrogens (primary N) is 1. The van der Waals surface area contributed by atoms with Crippen molar-refractivity contribution in [3.8, 4) is 0 Å².